The number of piperazine rings is 1. The lowest BCUT2D eigenvalue weighted by molar-refractivity contribution is -0.142. The molecule has 8 nitrogen and oxygen atoms in total. The first-order valence-corrected chi connectivity index (χ1v) is 10.4. The van der Waals surface area contributed by atoms with Gasteiger partial charge in [0.1, 0.15) is 18.1 Å². The van der Waals surface area contributed by atoms with E-state index >= 15 is 0 Å². The number of alkyl halides is 3. The molecule has 3 amide bonds. The molecule has 1 aliphatic heterocycles. The van der Waals surface area contributed by atoms with E-state index in [1.54, 1.807) is 12.1 Å². The quantitative estimate of drug-likeness (QED) is 0.458. The summed E-state index contributed by atoms with van der Waals surface area (Å²) in [6.07, 6.45) is -5.01. The number of carbonyl (C=O) groups excluding carboxylic acids is 3. The third kappa shape index (κ3) is 6.56. The topological polar surface area (TPSA) is 125 Å². The Morgan fingerprint density at radius 3 is 2.09 bits per heavy atom. The highest BCUT2D eigenvalue weighted by atomic mass is 19.4. The molecule has 34 heavy (non-hydrogen) atoms. The first-order valence-electron chi connectivity index (χ1n) is 10.4. The van der Waals surface area contributed by atoms with Crippen molar-refractivity contribution in [3.05, 3.63) is 71.3 Å². The zero-order valence-electron chi connectivity index (χ0n) is 17.8. The van der Waals surface area contributed by atoms with Crippen molar-refractivity contribution in [1.82, 2.24) is 16.0 Å². The second-order valence-electron chi connectivity index (χ2n) is 7.87. The maximum atomic E-state index is 12.7. The Balaban J connectivity index is 1.56. The van der Waals surface area contributed by atoms with Gasteiger partial charge in [-0.25, -0.2) is 4.79 Å². The molecule has 1 fully saturated rings. The summed E-state index contributed by atoms with van der Waals surface area (Å²) in [7, 11) is 0. The summed E-state index contributed by atoms with van der Waals surface area (Å²) >= 11 is 0. The van der Waals surface area contributed by atoms with E-state index in [4.69, 9.17) is 0 Å². The van der Waals surface area contributed by atoms with Crippen LogP contribution in [0.2, 0.25) is 0 Å². The number of carbonyl (C=O) groups is 4. The normalized spacial score (nSPS) is 19.0. The van der Waals surface area contributed by atoms with Crippen LogP contribution >= 0.6 is 0 Å². The van der Waals surface area contributed by atoms with E-state index < -0.39 is 60.0 Å². The Morgan fingerprint density at radius 2 is 1.50 bits per heavy atom. The predicted octanol–water partition coefficient (Wildman–Crippen LogP) is 1.43. The lowest BCUT2D eigenvalue weighted by atomic mass is 10.0. The Bertz CT molecular complexity index is 1060. The fourth-order valence-electron chi connectivity index (χ4n) is 3.52. The summed E-state index contributed by atoms with van der Waals surface area (Å²) in [5.41, 5.74) is 0.233. The van der Waals surface area contributed by atoms with Crippen LogP contribution in [0.5, 0.6) is 0 Å². The van der Waals surface area contributed by atoms with Crippen molar-refractivity contribution < 1.29 is 37.5 Å². The van der Waals surface area contributed by atoms with Gasteiger partial charge < -0.3 is 21.1 Å². The second kappa shape index (κ2) is 10.4. The van der Waals surface area contributed by atoms with Crippen molar-refractivity contribution in [3.8, 4) is 0 Å². The number of aliphatic carboxylic acids is 1. The number of carboxylic acids is 1. The molecule has 1 heterocycles. The summed E-state index contributed by atoms with van der Waals surface area (Å²) in [6.45, 7) is 0. The smallest absolute Gasteiger partial charge is 0.416 e. The van der Waals surface area contributed by atoms with E-state index in [0.717, 1.165) is 29.8 Å². The molecule has 3 rings (SSSR count). The van der Waals surface area contributed by atoms with E-state index in [1.807, 2.05) is 18.2 Å². The van der Waals surface area contributed by atoms with E-state index in [9.17, 15) is 37.5 Å². The fourth-order valence-corrected chi connectivity index (χ4v) is 3.52. The maximum Gasteiger partial charge on any atom is 0.416 e. The van der Waals surface area contributed by atoms with Gasteiger partial charge in [0.25, 0.3) is 0 Å². The summed E-state index contributed by atoms with van der Waals surface area (Å²) < 4.78 is 38.1. The van der Waals surface area contributed by atoms with Crippen molar-refractivity contribution in [2.24, 2.45) is 0 Å². The molecule has 3 atom stereocenters. The lowest BCUT2D eigenvalue weighted by Crippen LogP contribution is -2.63. The molecule has 11 heteroatoms. The fraction of sp³-hybridized carbons (Fsp3) is 0.304. The van der Waals surface area contributed by atoms with Gasteiger partial charge in [-0.15, -0.1) is 0 Å². The molecule has 1 aliphatic rings. The van der Waals surface area contributed by atoms with Crippen LogP contribution in [0.3, 0.4) is 0 Å². The lowest BCUT2D eigenvalue weighted by Gasteiger charge is -2.29. The van der Waals surface area contributed by atoms with Gasteiger partial charge in [-0.3, -0.25) is 14.4 Å². The zero-order chi connectivity index (χ0) is 24.9. The number of rotatable bonds is 8. The van der Waals surface area contributed by atoms with E-state index in [0.29, 0.717) is 0 Å². The first kappa shape index (κ1) is 24.7. The SMILES string of the molecule is O=C(C[C@@H]1NC(=O)[C@H](Cc2ccccc2)NC1=O)N[C@@H](Cc1ccc(C(F)(F)F)cc1)C(=O)O. The highest BCUT2D eigenvalue weighted by Gasteiger charge is 2.35. The molecule has 2 aromatic rings. The summed E-state index contributed by atoms with van der Waals surface area (Å²) in [5, 5.41) is 16.7. The minimum atomic E-state index is -4.52. The molecule has 2 aromatic carbocycles. The third-order valence-electron chi connectivity index (χ3n) is 5.29. The van der Waals surface area contributed by atoms with Gasteiger partial charge >= 0.3 is 12.1 Å². The van der Waals surface area contributed by atoms with Gasteiger partial charge in [-0.05, 0) is 23.3 Å². The average Bonchev–Trinajstić information content (AvgIpc) is 2.77. The summed E-state index contributed by atoms with van der Waals surface area (Å²) in [5.74, 6) is -3.25. The third-order valence-corrected chi connectivity index (χ3v) is 5.29. The first-order chi connectivity index (χ1) is 16.0. The molecule has 0 radical (unpaired) electrons. The average molecular weight is 477 g/mol. The van der Waals surface area contributed by atoms with Crippen LogP contribution in [0, 0.1) is 0 Å². The summed E-state index contributed by atoms with van der Waals surface area (Å²) in [4.78, 5) is 48.7. The van der Waals surface area contributed by atoms with E-state index in [2.05, 4.69) is 16.0 Å². The number of nitrogens with one attached hydrogen (secondary N) is 3. The van der Waals surface area contributed by atoms with Crippen molar-refractivity contribution in [2.75, 3.05) is 0 Å². The molecule has 0 bridgehead atoms. The molecular formula is C23H22F3N3O5. The highest BCUT2D eigenvalue weighted by molar-refractivity contribution is 5.99. The molecule has 180 valence electrons. The van der Waals surface area contributed by atoms with Gasteiger partial charge in [0.05, 0.1) is 12.0 Å². The van der Waals surface area contributed by atoms with Gasteiger partial charge in [0.2, 0.25) is 17.7 Å². The van der Waals surface area contributed by atoms with Crippen molar-refractivity contribution in [3.63, 3.8) is 0 Å². The van der Waals surface area contributed by atoms with Crippen LogP contribution in [-0.2, 0) is 38.2 Å². The van der Waals surface area contributed by atoms with E-state index in [-0.39, 0.29) is 18.4 Å². The maximum absolute atomic E-state index is 12.7. The van der Waals surface area contributed by atoms with Crippen molar-refractivity contribution >= 4 is 23.7 Å². The molecule has 1 saturated heterocycles. The van der Waals surface area contributed by atoms with Crippen LogP contribution in [0.1, 0.15) is 23.1 Å². The molecule has 0 saturated carbocycles. The second-order valence-corrected chi connectivity index (χ2v) is 7.87. The number of hydrogen-bond acceptors (Lipinski definition) is 4. The number of benzene rings is 2. The standard InChI is InChI=1S/C23H22F3N3O5/c24-23(25,26)15-8-6-14(7-9-15)11-18(22(33)34)27-19(30)12-17-21(32)28-16(20(31)29-17)10-13-4-2-1-3-5-13/h1-9,16-18H,10-12H2,(H,27,30)(H,28,32)(H,29,31)(H,33,34)/t16-,17-,18-/m0/s1. The van der Waals surface area contributed by atoms with Gasteiger partial charge in [0, 0.05) is 12.8 Å². The molecule has 0 aliphatic carbocycles. The molecule has 0 unspecified atom stereocenters. The van der Waals surface area contributed by atoms with Gasteiger partial charge in [-0.2, -0.15) is 13.2 Å². The van der Waals surface area contributed by atoms with Crippen LogP contribution in [-0.4, -0.2) is 46.9 Å². The number of halogens is 3. The molecule has 4 N–H and O–H groups in total. The zero-order valence-corrected chi connectivity index (χ0v) is 17.8. The minimum Gasteiger partial charge on any atom is -0.480 e. The van der Waals surface area contributed by atoms with Crippen LogP contribution in [0.4, 0.5) is 13.2 Å². The number of hydrogen-bond donors (Lipinski definition) is 4. The van der Waals surface area contributed by atoms with Crippen LogP contribution in [0.25, 0.3) is 0 Å². The van der Waals surface area contributed by atoms with Gasteiger partial charge in [0.15, 0.2) is 0 Å². The van der Waals surface area contributed by atoms with Gasteiger partial charge in [-0.1, -0.05) is 42.5 Å². The van der Waals surface area contributed by atoms with Crippen molar-refractivity contribution in [2.45, 2.75) is 43.6 Å². The Hall–Kier alpha value is -3.89. The van der Waals surface area contributed by atoms with E-state index in [1.165, 1.54) is 0 Å². The monoisotopic (exact) mass is 477 g/mol. The number of amides is 3. The summed E-state index contributed by atoms with van der Waals surface area (Å²) in [6, 6.07) is 9.53. The predicted molar refractivity (Wildman–Crippen MR) is 113 cm³/mol. The highest BCUT2D eigenvalue weighted by Crippen LogP contribution is 2.29. The Morgan fingerprint density at radius 1 is 0.912 bits per heavy atom. The van der Waals surface area contributed by atoms with Crippen LogP contribution in [0.15, 0.2) is 54.6 Å². The van der Waals surface area contributed by atoms with Crippen LogP contribution < -0.4 is 16.0 Å². The van der Waals surface area contributed by atoms with Crippen molar-refractivity contribution in [1.29, 1.82) is 0 Å². The molecular weight excluding hydrogens is 455 g/mol. The molecule has 0 spiro atoms. The largest absolute Gasteiger partial charge is 0.480 e. The number of carboxylic acid groups (broad SMARTS) is 1. The Labute approximate surface area is 192 Å². The minimum absolute atomic E-state index is 0.262. The molecule has 0 aromatic heterocycles. The Kier molecular flexibility index (Phi) is 7.54.